The van der Waals surface area contributed by atoms with Crippen LogP contribution in [0.25, 0.3) is 0 Å². The summed E-state index contributed by atoms with van der Waals surface area (Å²) >= 11 is 3.40. The summed E-state index contributed by atoms with van der Waals surface area (Å²) in [6.45, 7) is 0.604. The molecule has 0 aliphatic heterocycles. The van der Waals surface area contributed by atoms with Gasteiger partial charge in [-0.15, -0.1) is 0 Å². The molecule has 3 N–H and O–H groups in total. The van der Waals surface area contributed by atoms with Crippen LogP contribution < -0.4 is 11.1 Å². The molecule has 0 atom stereocenters. The van der Waals surface area contributed by atoms with E-state index in [0.29, 0.717) is 12.2 Å². The molecule has 0 fully saturated rings. The standard InChI is InChI=1S/C13H12BrFN2/c14-10-4-1-3-9(7-10)8-17-12-6-2-5-11(15)13(12)16/h1-7,17H,8,16H2. The Hall–Kier alpha value is -1.55. The van der Waals surface area contributed by atoms with Gasteiger partial charge in [0.1, 0.15) is 5.82 Å². The molecule has 0 spiro atoms. The quantitative estimate of drug-likeness (QED) is 0.846. The molecule has 2 aromatic rings. The summed E-state index contributed by atoms with van der Waals surface area (Å²) in [6.07, 6.45) is 0. The fourth-order valence-corrected chi connectivity index (χ4v) is 1.98. The molecule has 88 valence electrons. The lowest BCUT2D eigenvalue weighted by Crippen LogP contribution is -2.03. The van der Waals surface area contributed by atoms with Crippen LogP contribution in [0.4, 0.5) is 15.8 Å². The summed E-state index contributed by atoms with van der Waals surface area (Å²) in [6, 6.07) is 12.6. The zero-order valence-corrected chi connectivity index (χ0v) is 10.7. The first kappa shape index (κ1) is 11.9. The Morgan fingerprint density at radius 2 is 1.94 bits per heavy atom. The van der Waals surface area contributed by atoms with Gasteiger partial charge in [-0.3, -0.25) is 0 Å². The summed E-state index contributed by atoms with van der Waals surface area (Å²) in [5.74, 6) is -0.399. The molecule has 17 heavy (non-hydrogen) atoms. The highest BCUT2D eigenvalue weighted by molar-refractivity contribution is 9.10. The molecule has 0 saturated heterocycles. The zero-order chi connectivity index (χ0) is 12.3. The summed E-state index contributed by atoms with van der Waals surface area (Å²) in [5.41, 5.74) is 7.50. The van der Waals surface area contributed by atoms with E-state index in [1.54, 1.807) is 12.1 Å². The second-order valence-electron chi connectivity index (χ2n) is 3.68. The zero-order valence-electron chi connectivity index (χ0n) is 9.08. The molecule has 0 aliphatic rings. The maximum Gasteiger partial charge on any atom is 0.148 e. The number of para-hydroxylation sites is 1. The average molecular weight is 295 g/mol. The predicted octanol–water partition coefficient (Wildman–Crippen LogP) is 3.78. The van der Waals surface area contributed by atoms with E-state index in [2.05, 4.69) is 21.2 Å². The topological polar surface area (TPSA) is 38.0 Å². The van der Waals surface area contributed by atoms with E-state index < -0.39 is 5.82 Å². The molecule has 2 nitrogen and oxygen atoms in total. The van der Waals surface area contributed by atoms with Crippen LogP contribution in [0.1, 0.15) is 5.56 Å². The van der Waals surface area contributed by atoms with Crippen molar-refractivity contribution in [3.8, 4) is 0 Å². The number of anilines is 2. The van der Waals surface area contributed by atoms with E-state index in [1.807, 2.05) is 24.3 Å². The first-order chi connectivity index (χ1) is 8.16. The fourth-order valence-electron chi connectivity index (χ4n) is 1.54. The van der Waals surface area contributed by atoms with Crippen molar-refractivity contribution >= 4 is 27.3 Å². The molecule has 0 bridgehead atoms. The van der Waals surface area contributed by atoms with Crippen molar-refractivity contribution in [3.63, 3.8) is 0 Å². The van der Waals surface area contributed by atoms with Crippen LogP contribution >= 0.6 is 15.9 Å². The largest absolute Gasteiger partial charge is 0.395 e. The van der Waals surface area contributed by atoms with Gasteiger partial charge < -0.3 is 11.1 Å². The predicted molar refractivity (Wildman–Crippen MR) is 72.3 cm³/mol. The highest BCUT2D eigenvalue weighted by atomic mass is 79.9. The Bertz CT molecular complexity index is 529. The summed E-state index contributed by atoms with van der Waals surface area (Å²) in [4.78, 5) is 0. The first-order valence-corrected chi connectivity index (χ1v) is 5.98. The van der Waals surface area contributed by atoms with E-state index >= 15 is 0 Å². The highest BCUT2D eigenvalue weighted by Gasteiger charge is 2.03. The van der Waals surface area contributed by atoms with Crippen LogP contribution in [0.2, 0.25) is 0 Å². The Morgan fingerprint density at radius 1 is 1.18 bits per heavy atom. The van der Waals surface area contributed by atoms with Crippen molar-refractivity contribution < 1.29 is 4.39 Å². The maximum atomic E-state index is 13.2. The van der Waals surface area contributed by atoms with Crippen molar-refractivity contribution in [3.05, 3.63) is 58.3 Å². The molecular weight excluding hydrogens is 283 g/mol. The van der Waals surface area contributed by atoms with Crippen LogP contribution in [-0.4, -0.2) is 0 Å². The van der Waals surface area contributed by atoms with Gasteiger partial charge in [-0.2, -0.15) is 0 Å². The second-order valence-corrected chi connectivity index (χ2v) is 4.60. The van der Waals surface area contributed by atoms with Crippen LogP contribution in [0, 0.1) is 5.82 Å². The van der Waals surface area contributed by atoms with Crippen LogP contribution in [0.15, 0.2) is 46.9 Å². The van der Waals surface area contributed by atoms with E-state index in [9.17, 15) is 4.39 Å². The lowest BCUT2D eigenvalue weighted by Gasteiger charge is -2.09. The van der Waals surface area contributed by atoms with Crippen LogP contribution in [0.3, 0.4) is 0 Å². The third kappa shape index (κ3) is 2.97. The number of hydrogen-bond donors (Lipinski definition) is 2. The third-order valence-electron chi connectivity index (χ3n) is 2.42. The summed E-state index contributed by atoms with van der Waals surface area (Å²) in [5, 5.41) is 3.11. The lowest BCUT2D eigenvalue weighted by atomic mass is 10.2. The van der Waals surface area contributed by atoms with Crippen molar-refractivity contribution in [2.45, 2.75) is 6.54 Å². The van der Waals surface area contributed by atoms with Gasteiger partial charge in [-0.25, -0.2) is 4.39 Å². The minimum Gasteiger partial charge on any atom is -0.395 e. The molecule has 2 rings (SSSR count). The Morgan fingerprint density at radius 3 is 2.71 bits per heavy atom. The Balaban J connectivity index is 2.10. The van der Waals surface area contributed by atoms with Crippen molar-refractivity contribution in [1.82, 2.24) is 0 Å². The average Bonchev–Trinajstić information content (AvgIpc) is 2.31. The number of hydrogen-bond acceptors (Lipinski definition) is 2. The third-order valence-corrected chi connectivity index (χ3v) is 2.92. The molecule has 0 aromatic heterocycles. The van der Waals surface area contributed by atoms with Crippen molar-refractivity contribution in [2.75, 3.05) is 11.1 Å². The van der Waals surface area contributed by atoms with Gasteiger partial charge in [-0.05, 0) is 29.8 Å². The van der Waals surface area contributed by atoms with Gasteiger partial charge in [0.05, 0.1) is 11.4 Å². The smallest absolute Gasteiger partial charge is 0.148 e. The summed E-state index contributed by atoms with van der Waals surface area (Å²) in [7, 11) is 0. The summed E-state index contributed by atoms with van der Waals surface area (Å²) < 4.78 is 14.2. The van der Waals surface area contributed by atoms with Gasteiger partial charge in [-0.1, -0.05) is 34.1 Å². The first-order valence-electron chi connectivity index (χ1n) is 5.19. The van der Waals surface area contributed by atoms with E-state index in [0.717, 1.165) is 10.0 Å². The Kier molecular flexibility index (Phi) is 3.64. The maximum absolute atomic E-state index is 13.2. The van der Waals surface area contributed by atoms with E-state index in [4.69, 9.17) is 5.73 Å². The van der Waals surface area contributed by atoms with Gasteiger partial charge in [0, 0.05) is 11.0 Å². The minimum absolute atomic E-state index is 0.155. The van der Waals surface area contributed by atoms with Crippen molar-refractivity contribution in [2.24, 2.45) is 0 Å². The lowest BCUT2D eigenvalue weighted by molar-refractivity contribution is 0.633. The second kappa shape index (κ2) is 5.19. The van der Waals surface area contributed by atoms with Crippen LogP contribution in [0.5, 0.6) is 0 Å². The Labute approximate surface area is 108 Å². The monoisotopic (exact) mass is 294 g/mol. The van der Waals surface area contributed by atoms with Gasteiger partial charge in [0.15, 0.2) is 0 Å². The number of halogens is 2. The molecule has 2 aromatic carbocycles. The van der Waals surface area contributed by atoms with Gasteiger partial charge >= 0.3 is 0 Å². The van der Waals surface area contributed by atoms with E-state index in [-0.39, 0.29) is 5.69 Å². The normalized spacial score (nSPS) is 10.2. The number of benzene rings is 2. The molecule has 0 aliphatic carbocycles. The fraction of sp³-hybridized carbons (Fsp3) is 0.0769. The SMILES string of the molecule is Nc1c(F)cccc1NCc1cccc(Br)c1. The highest BCUT2D eigenvalue weighted by Crippen LogP contribution is 2.22. The van der Waals surface area contributed by atoms with Crippen LogP contribution in [-0.2, 0) is 6.54 Å². The molecule has 0 amide bonds. The number of nitrogens with two attached hydrogens (primary N) is 1. The molecule has 0 heterocycles. The molecule has 4 heteroatoms. The minimum atomic E-state index is -0.399. The van der Waals surface area contributed by atoms with Gasteiger partial charge in [0.2, 0.25) is 0 Å². The number of nitrogen functional groups attached to an aromatic ring is 1. The molecule has 0 saturated carbocycles. The van der Waals surface area contributed by atoms with Crippen molar-refractivity contribution in [1.29, 1.82) is 0 Å². The van der Waals surface area contributed by atoms with Gasteiger partial charge in [0.25, 0.3) is 0 Å². The molecule has 0 unspecified atom stereocenters. The van der Waals surface area contributed by atoms with E-state index in [1.165, 1.54) is 6.07 Å². The number of rotatable bonds is 3. The molecular formula is C13H12BrFN2. The molecule has 0 radical (unpaired) electrons. The number of nitrogens with one attached hydrogen (secondary N) is 1.